The molecule has 2 unspecified atom stereocenters. The summed E-state index contributed by atoms with van der Waals surface area (Å²) >= 11 is 0. The molecule has 3 rings (SSSR count). The molecule has 0 bridgehead atoms. The fraction of sp³-hybridized carbons (Fsp3) is 0.786. The van der Waals surface area contributed by atoms with Crippen LogP contribution in [0.4, 0.5) is 0 Å². The van der Waals surface area contributed by atoms with Gasteiger partial charge in [0.25, 0.3) is 0 Å². The van der Waals surface area contributed by atoms with Gasteiger partial charge in [-0.25, -0.2) is 0 Å². The van der Waals surface area contributed by atoms with Crippen LogP contribution in [0.25, 0.3) is 0 Å². The van der Waals surface area contributed by atoms with Crippen LogP contribution in [-0.4, -0.2) is 78.7 Å². The topological polar surface area (TPSA) is 71.7 Å². The SMILES string of the molecule is CN1CCN(C)C(Cc2noc(C3COCCC3=O)n2)C1. The van der Waals surface area contributed by atoms with Crippen molar-refractivity contribution in [3.8, 4) is 0 Å². The van der Waals surface area contributed by atoms with E-state index in [1.807, 2.05) is 0 Å². The first-order valence-electron chi connectivity index (χ1n) is 7.45. The maximum absolute atomic E-state index is 11.9. The van der Waals surface area contributed by atoms with Crippen molar-refractivity contribution in [1.82, 2.24) is 19.9 Å². The molecule has 1 aromatic heterocycles. The largest absolute Gasteiger partial charge is 0.380 e. The summed E-state index contributed by atoms with van der Waals surface area (Å²) in [5.41, 5.74) is 0. The molecular weight excluding hydrogens is 272 g/mol. The number of piperazine rings is 1. The number of carbonyl (C=O) groups excluding carboxylic acids is 1. The Labute approximate surface area is 124 Å². The molecule has 2 aliphatic heterocycles. The Morgan fingerprint density at radius 1 is 1.33 bits per heavy atom. The van der Waals surface area contributed by atoms with E-state index >= 15 is 0 Å². The van der Waals surface area contributed by atoms with Crippen LogP contribution < -0.4 is 0 Å². The standard InChI is InChI=1S/C14H22N4O3/c1-17-4-5-18(2)10(8-17)7-13-15-14(21-16-13)11-9-20-6-3-12(11)19/h10-11H,3-9H2,1-2H3. The van der Waals surface area contributed by atoms with E-state index in [0.29, 0.717) is 37.4 Å². The van der Waals surface area contributed by atoms with E-state index < -0.39 is 0 Å². The minimum Gasteiger partial charge on any atom is -0.380 e. The molecule has 2 fully saturated rings. The second-order valence-corrected chi connectivity index (χ2v) is 5.99. The van der Waals surface area contributed by atoms with Gasteiger partial charge in [0.1, 0.15) is 11.7 Å². The predicted octanol–water partition coefficient (Wildman–Crippen LogP) is -0.0691. The van der Waals surface area contributed by atoms with E-state index in [1.165, 1.54) is 0 Å². The molecule has 0 aromatic carbocycles. The normalized spacial score (nSPS) is 29.0. The zero-order valence-corrected chi connectivity index (χ0v) is 12.6. The minimum absolute atomic E-state index is 0.131. The molecule has 0 radical (unpaired) electrons. The van der Waals surface area contributed by atoms with Crippen LogP contribution in [0.15, 0.2) is 4.52 Å². The molecule has 1 aromatic rings. The molecule has 0 spiro atoms. The number of hydrogen-bond donors (Lipinski definition) is 0. The minimum atomic E-state index is -0.383. The molecule has 7 heteroatoms. The second kappa shape index (κ2) is 6.21. The molecule has 116 valence electrons. The third kappa shape index (κ3) is 3.30. The first kappa shape index (κ1) is 14.6. The first-order chi connectivity index (χ1) is 10.1. The van der Waals surface area contributed by atoms with Crippen LogP contribution in [0.5, 0.6) is 0 Å². The molecule has 0 amide bonds. The summed E-state index contributed by atoms with van der Waals surface area (Å²) in [6.45, 7) is 3.97. The quantitative estimate of drug-likeness (QED) is 0.772. The maximum atomic E-state index is 11.9. The van der Waals surface area contributed by atoms with Crippen molar-refractivity contribution in [1.29, 1.82) is 0 Å². The van der Waals surface area contributed by atoms with Crippen molar-refractivity contribution in [2.75, 3.05) is 46.9 Å². The zero-order valence-electron chi connectivity index (χ0n) is 12.6. The lowest BCUT2D eigenvalue weighted by molar-refractivity contribution is -0.127. The fourth-order valence-electron chi connectivity index (χ4n) is 2.87. The van der Waals surface area contributed by atoms with Gasteiger partial charge in [-0.2, -0.15) is 4.98 Å². The number of carbonyl (C=O) groups is 1. The molecule has 7 nitrogen and oxygen atoms in total. The van der Waals surface area contributed by atoms with Crippen LogP contribution >= 0.6 is 0 Å². The summed E-state index contributed by atoms with van der Waals surface area (Å²) in [5.74, 6) is 0.828. The predicted molar refractivity (Wildman–Crippen MR) is 75.1 cm³/mol. The summed E-state index contributed by atoms with van der Waals surface area (Å²) in [5, 5.41) is 4.04. The van der Waals surface area contributed by atoms with Crippen LogP contribution in [-0.2, 0) is 16.0 Å². The van der Waals surface area contributed by atoms with Crippen molar-refractivity contribution < 1.29 is 14.1 Å². The molecule has 0 saturated carbocycles. The average Bonchev–Trinajstić information content (AvgIpc) is 2.92. The Balaban J connectivity index is 1.66. The lowest BCUT2D eigenvalue weighted by Crippen LogP contribution is -2.50. The zero-order chi connectivity index (χ0) is 14.8. The van der Waals surface area contributed by atoms with E-state index in [9.17, 15) is 4.79 Å². The van der Waals surface area contributed by atoms with Gasteiger partial charge in [-0.05, 0) is 14.1 Å². The third-order valence-corrected chi connectivity index (χ3v) is 4.35. The molecule has 2 atom stereocenters. The van der Waals surface area contributed by atoms with Gasteiger partial charge >= 0.3 is 0 Å². The van der Waals surface area contributed by atoms with Crippen LogP contribution in [0.1, 0.15) is 24.1 Å². The Morgan fingerprint density at radius 2 is 2.19 bits per heavy atom. The summed E-state index contributed by atoms with van der Waals surface area (Å²) in [7, 11) is 4.25. The van der Waals surface area contributed by atoms with E-state index in [1.54, 1.807) is 0 Å². The lowest BCUT2D eigenvalue weighted by Gasteiger charge is -2.37. The number of Topliss-reactive ketones (excluding diaryl/α,β-unsaturated/α-hetero) is 1. The van der Waals surface area contributed by atoms with Crippen molar-refractivity contribution in [2.45, 2.75) is 24.8 Å². The van der Waals surface area contributed by atoms with Gasteiger partial charge < -0.3 is 19.1 Å². The third-order valence-electron chi connectivity index (χ3n) is 4.35. The summed E-state index contributed by atoms with van der Waals surface area (Å²) in [6.07, 6.45) is 1.17. The molecule has 21 heavy (non-hydrogen) atoms. The van der Waals surface area contributed by atoms with E-state index in [-0.39, 0.29) is 11.7 Å². The smallest absolute Gasteiger partial charge is 0.239 e. The summed E-state index contributed by atoms with van der Waals surface area (Å²) in [6, 6.07) is 0.382. The fourth-order valence-corrected chi connectivity index (χ4v) is 2.87. The highest BCUT2D eigenvalue weighted by molar-refractivity contribution is 5.85. The summed E-state index contributed by atoms with van der Waals surface area (Å²) < 4.78 is 10.6. The lowest BCUT2D eigenvalue weighted by atomic mass is 10.0. The highest BCUT2D eigenvalue weighted by Gasteiger charge is 2.31. The number of ether oxygens (including phenoxy) is 1. The van der Waals surface area contributed by atoms with Crippen LogP contribution in [0, 0.1) is 0 Å². The number of likely N-dealkylation sites (N-methyl/N-ethyl adjacent to an activating group) is 2. The number of ketones is 1. The van der Waals surface area contributed by atoms with Gasteiger partial charge in [0, 0.05) is 38.5 Å². The summed E-state index contributed by atoms with van der Waals surface area (Å²) in [4.78, 5) is 20.9. The first-order valence-corrected chi connectivity index (χ1v) is 7.45. The highest BCUT2D eigenvalue weighted by atomic mass is 16.5. The molecule has 2 saturated heterocycles. The van der Waals surface area contributed by atoms with Crippen molar-refractivity contribution in [3.05, 3.63) is 11.7 Å². The molecule has 0 N–H and O–H groups in total. The van der Waals surface area contributed by atoms with Gasteiger partial charge in [-0.3, -0.25) is 4.79 Å². The van der Waals surface area contributed by atoms with E-state index in [0.717, 1.165) is 26.1 Å². The molecule has 0 aliphatic carbocycles. The average molecular weight is 294 g/mol. The Kier molecular flexibility index (Phi) is 4.32. The van der Waals surface area contributed by atoms with Gasteiger partial charge in [0.05, 0.1) is 13.2 Å². The van der Waals surface area contributed by atoms with Crippen LogP contribution in [0.3, 0.4) is 0 Å². The Morgan fingerprint density at radius 3 is 3.00 bits per heavy atom. The molecule has 3 heterocycles. The van der Waals surface area contributed by atoms with E-state index in [4.69, 9.17) is 9.26 Å². The van der Waals surface area contributed by atoms with Crippen molar-refractivity contribution in [2.24, 2.45) is 0 Å². The van der Waals surface area contributed by atoms with Gasteiger partial charge in [-0.15, -0.1) is 0 Å². The van der Waals surface area contributed by atoms with Crippen molar-refractivity contribution >= 4 is 5.78 Å². The molecule has 2 aliphatic rings. The number of hydrogen-bond acceptors (Lipinski definition) is 7. The van der Waals surface area contributed by atoms with Crippen LogP contribution in [0.2, 0.25) is 0 Å². The number of rotatable bonds is 3. The van der Waals surface area contributed by atoms with Gasteiger partial charge in [0.2, 0.25) is 5.89 Å². The van der Waals surface area contributed by atoms with Gasteiger partial charge in [0.15, 0.2) is 5.82 Å². The monoisotopic (exact) mass is 294 g/mol. The highest BCUT2D eigenvalue weighted by Crippen LogP contribution is 2.21. The van der Waals surface area contributed by atoms with E-state index in [2.05, 4.69) is 34.0 Å². The molecular formula is C14H22N4O3. The Bertz CT molecular complexity index is 504. The van der Waals surface area contributed by atoms with Gasteiger partial charge in [-0.1, -0.05) is 5.16 Å². The number of aromatic nitrogens is 2. The second-order valence-electron chi connectivity index (χ2n) is 5.99. The Hall–Kier alpha value is -1.31. The number of nitrogens with zero attached hydrogens (tertiary/aromatic N) is 4. The van der Waals surface area contributed by atoms with Crippen molar-refractivity contribution in [3.63, 3.8) is 0 Å². The maximum Gasteiger partial charge on any atom is 0.239 e.